The number of hydrogen-bond donors (Lipinski definition) is 1. The van der Waals surface area contributed by atoms with E-state index in [0.717, 1.165) is 6.42 Å². The molecule has 0 bridgehead atoms. The van der Waals surface area contributed by atoms with E-state index in [1.54, 1.807) is 18.2 Å². The highest BCUT2D eigenvalue weighted by atomic mass is 16.4. The summed E-state index contributed by atoms with van der Waals surface area (Å²) in [6.07, 6.45) is 1.50. The number of H-pyrrole nitrogens is 1. The van der Waals surface area contributed by atoms with Crippen molar-refractivity contribution in [3.8, 4) is 0 Å². The van der Waals surface area contributed by atoms with E-state index in [0.29, 0.717) is 29.0 Å². The first-order valence-electron chi connectivity index (χ1n) is 5.76. The van der Waals surface area contributed by atoms with Gasteiger partial charge in [-0.3, -0.25) is 9.78 Å². The minimum absolute atomic E-state index is 0.0881. The number of aromatic nitrogens is 1. The smallest absolute Gasteiger partial charge is 0.408 e. The average molecular weight is 233 g/mol. The van der Waals surface area contributed by atoms with Crippen molar-refractivity contribution in [1.82, 2.24) is 4.98 Å². The first kappa shape index (κ1) is 11.6. The molecular weight excluding hydrogens is 218 g/mol. The van der Waals surface area contributed by atoms with Crippen molar-refractivity contribution in [2.45, 2.75) is 26.7 Å². The van der Waals surface area contributed by atoms with E-state index in [1.165, 1.54) is 0 Å². The largest absolute Gasteiger partial charge is 0.417 e. The molecule has 0 aliphatic rings. The average Bonchev–Trinajstić information content (AvgIpc) is 2.67. The van der Waals surface area contributed by atoms with Gasteiger partial charge in [0.2, 0.25) is 0 Å². The van der Waals surface area contributed by atoms with Gasteiger partial charge in [-0.25, -0.2) is 4.79 Å². The van der Waals surface area contributed by atoms with E-state index in [9.17, 15) is 9.59 Å². The molecule has 17 heavy (non-hydrogen) atoms. The molecular formula is C13H15NO3. The number of aromatic amines is 1. The Morgan fingerprint density at radius 3 is 2.94 bits per heavy atom. The van der Waals surface area contributed by atoms with Crippen LogP contribution < -0.4 is 5.76 Å². The van der Waals surface area contributed by atoms with Crippen molar-refractivity contribution in [1.29, 1.82) is 0 Å². The quantitative estimate of drug-likeness (QED) is 0.826. The molecule has 0 aliphatic carbocycles. The van der Waals surface area contributed by atoms with Crippen LogP contribution in [0.1, 0.15) is 37.0 Å². The van der Waals surface area contributed by atoms with Gasteiger partial charge in [0.25, 0.3) is 0 Å². The fraction of sp³-hybridized carbons (Fsp3) is 0.385. The molecule has 1 atom stereocenters. The number of fused-ring (bicyclic) bond motifs is 1. The van der Waals surface area contributed by atoms with Crippen molar-refractivity contribution in [2.75, 3.05) is 0 Å². The van der Waals surface area contributed by atoms with Crippen molar-refractivity contribution in [3.63, 3.8) is 0 Å². The van der Waals surface area contributed by atoms with Gasteiger partial charge >= 0.3 is 5.76 Å². The SMILES string of the molecule is CCC(C)CC(=O)c1ccc2[nH]c(=O)oc2c1. The van der Waals surface area contributed by atoms with Gasteiger partial charge in [-0.15, -0.1) is 0 Å². The van der Waals surface area contributed by atoms with Gasteiger partial charge in [0.15, 0.2) is 11.4 Å². The van der Waals surface area contributed by atoms with E-state index >= 15 is 0 Å². The van der Waals surface area contributed by atoms with Gasteiger partial charge in [0, 0.05) is 12.0 Å². The molecule has 0 spiro atoms. The number of ketones is 1. The van der Waals surface area contributed by atoms with E-state index in [1.807, 2.05) is 6.92 Å². The predicted molar refractivity (Wildman–Crippen MR) is 65.2 cm³/mol. The first-order chi connectivity index (χ1) is 8.10. The third-order valence-corrected chi connectivity index (χ3v) is 2.97. The van der Waals surface area contributed by atoms with Gasteiger partial charge < -0.3 is 4.42 Å². The van der Waals surface area contributed by atoms with E-state index in [4.69, 9.17) is 4.42 Å². The molecule has 4 heteroatoms. The number of nitrogens with one attached hydrogen (secondary N) is 1. The first-order valence-corrected chi connectivity index (χ1v) is 5.76. The second kappa shape index (κ2) is 4.57. The molecule has 0 aliphatic heterocycles. The van der Waals surface area contributed by atoms with Gasteiger partial charge in [0.05, 0.1) is 5.52 Å². The van der Waals surface area contributed by atoms with Gasteiger partial charge in [-0.2, -0.15) is 0 Å². The van der Waals surface area contributed by atoms with Gasteiger partial charge in [-0.1, -0.05) is 20.3 Å². The summed E-state index contributed by atoms with van der Waals surface area (Å²) in [7, 11) is 0. The molecule has 4 nitrogen and oxygen atoms in total. The van der Waals surface area contributed by atoms with Crippen LogP contribution in [0.15, 0.2) is 27.4 Å². The zero-order valence-electron chi connectivity index (χ0n) is 9.95. The lowest BCUT2D eigenvalue weighted by molar-refractivity contribution is 0.0963. The number of Topliss-reactive ketones (excluding diaryl/α,β-unsaturated/α-hetero) is 1. The molecule has 90 valence electrons. The van der Waals surface area contributed by atoms with Crippen molar-refractivity contribution in [2.24, 2.45) is 5.92 Å². The summed E-state index contributed by atoms with van der Waals surface area (Å²) in [6.45, 7) is 4.11. The fourth-order valence-electron chi connectivity index (χ4n) is 1.70. The highest BCUT2D eigenvalue weighted by Gasteiger charge is 2.11. The Labute approximate surface area is 98.6 Å². The Kier molecular flexibility index (Phi) is 3.13. The summed E-state index contributed by atoms with van der Waals surface area (Å²) in [5.74, 6) is -0.0342. The van der Waals surface area contributed by atoms with E-state index in [-0.39, 0.29) is 5.78 Å². The maximum atomic E-state index is 11.9. The molecule has 0 fully saturated rings. The normalized spacial score (nSPS) is 12.8. The lowest BCUT2D eigenvalue weighted by Crippen LogP contribution is -2.05. The maximum absolute atomic E-state index is 11.9. The van der Waals surface area contributed by atoms with Gasteiger partial charge in [-0.05, 0) is 24.1 Å². The number of oxazole rings is 1. The Hall–Kier alpha value is -1.84. The molecule has 1 heterocycles. The molecule has 0 saturated heterocycles. The van der Waals surface area contributed by atoms with Crippen LogP contribution >= 0.6 is 0 Å². The standard InChI is InChI=1S/C13H15NO3/c1-3-8(2)6-11(15)9-4-5-10-12(7-9)17-13(16)14-10/h4-5,7-8H,3,6H2,1-2H3,(H,14,16). The number of benzene rings is 1. The molecule has 1 unspecified atom stereocenters. The lowest BCUT2D eigenvalue weighted by Gasteiger charge is -2.06. The summed E-state index contributed by atoms with van der Waals surface area (Å²) in [5.41, 5.74) is 1.65. The van der Waals surface area contributed by atoms with Crippen molar-refractivity contribution in [3.05, 3.63) is 34.3 Å². The third-order valence-electron chi connectivity index (χ3n) is 2.97. The minimum Gasteiger partial charge on any atom is -0.408 e. The highest BCUT2D eigenvalue weighted by Crippen LogP contribution is 2.16. The highest BCUT2D eigenvalue weighted by molar-refractivity contribution is 5.98. The predicted octanol–water partition coefficient (Wildman–Crippen LogP) is 2.74. The Morgan fingerprint density at radius 2 is 2.24 bits per heavy atom. The third kappa shape index (κ3) is 2.46. The molecule has 1 aromatic carbocycles. The van der Waals surface area contributed by atoms with Crippen molar-refractivity contribution >= 4 is 16.9 Å². The van der Waals surface area contributed by atoms with E-state index < -0.39 is 5.76 Å². The molecule has 2 rings (SSSR count). The Morgan fingerprint density at radius 1 is 1.47 bits per heavy atom. The fourth-order valence-corrected chi connectivity index (χ4v) is 1.70. The van der Waals surface area contributed by atoms with Crippen LogP contribution in [-0.2, 0) is 0 Å². The van der Waals surface area contributed by atoms with Crippen LogP contribution in [0, 0.1) is 5.92 Å². The molecule has 0 radical (unpaired) electrons. The summed E-state index contributed by atoms with van der Waals surface area (Å²) in [4.78, 5) is 25.5. The van der Waals surface area contributed by atoms with E-state index in [2.05, 4.69) is 11.9 Å². The summed E-state index contributed by atoms with van der Waals surface area (Å²) in [5, 5.41) is 0. The number of carbonyl (C=O) groups excluding carboxylic acids is 1. The van der Waals surface area contributed by atoms with Gasteiger partial charge in [0.1, 0.15) is 0 Å². The zero-order chi connectivity index (χ0) is 12.4. The van der Waals surface area contributed by atoms with Crippen LogP contribution in [-0.4, -0.2) is 10.8 Å². The number of hydrogen-bond acceptors (Lipinski definition) is 3. The summed E-state index contributed by atoms with van der Waals surface area (Å²) >= 11 is 0. The van der Waals surface area contributed by atoms with Crippen LogP contribution in [0.4, 0.5) is 0 Å². The maximum Gasteiger partial charge on any atom is 0.417 e. The topological polar surface area (TPSA) is 63.1 Å². The van der Waals surface area contributed by atoms with Crippen molar-refractivity contribution < 1.29 is 9.21 Å². The molecule has 0 amide bonds. The lowest BCUT2D eigenvalue weighted by atomic mass is 9.98. The van der Waals surface area contributed by atoms with Crippen LogP contribution in [0.25, 0.3) is 11.1 Å². The molecule has 2 aromatic rings. The van der Waals surface area contributed by atoms with Crippen LogP contribution in [0.2, 0.25) is 0 Å². The molecule has 0 saturated carbocycles. The zero-order valence-corrected chi connectivity index (χ0v) is 9.95. The minimum atomic E-state index is -0.494. The Balaban J connectivity index is 2.29. The summed E-state index contributed by atoms with van der Waals surface area (Å²) in [6, 6.07) is 5.04. The number of rotatable bonds is 4. The summed E-state index contributed by atoms with van der Waals surface area (Å²) < 4.78 is 4.93. The second-order valence-electron chi connectivity index (χ2n) is 4.37. The van der Waals surface area contributed by atoms with Crippen LogP contribution in [0.5, 0.6) is 0 Å². The monoisotopic (exact) mass is 233 g/mol. The van der Waals surface area contributed by atoms with Crippen LogP contribution in [0.3, 0.4) is 0 Å². The number of carbonyl (C=O) groups is 1. The molecule has 1 aromatic heterocycles. The second-order valence-corrected chi connectivity index (χ2v) is 4.37. The molecule has 1 N–H and O–H groups in total. The Bertz CT molecular complexity index is 594.